The van der Waals surface area contributed by atoms with E-state index in [-0.39, 0.29) is 16.7 Å². The van der Waals surface area contributed by atoms with Gasteiger partial charge in [0.1, 0.15) is 0 Å². The number of fused-ring (bicyclic) bond motifs is 1. The Bertz CT molecular complexity index is 811. The summed E-state index contributed by atoms with van der Waals surface area (Å²) in [6, 6.07) is 4.68. The number of hydrogen-bond donors (Lipinski definition) is 1. The van der Waals surface area contributed by atoms with Gasteiger partial charge in [-0.05, 0) is 31.2 Å². The Balaban J connectivity index is 2.89. The van der Waals surface area contributed by atoms with Crippen LogP contribution >= 0.6 is 11.6 Å². The maximum Gasteiger partial charge on any atom is 0.291 e. The quantitative estimate of drug-likeness (QED) is 0.881. The number of nitrogens with one attached hydrogen (secondary N) is 1. The molecule has 0 aliphatic carbocycles. The fraction of sp³-hybridized carbons (Fsp3) is 0.200. The first-order valence-electron chi connectivity index (χ1n) is 6.30. The monoisotopic (exact) mass is 307 g/mol. The molecule has 0 aliphatic rings. The second-order valence-electron chi connectivity index (χ2n) is 4.18. The highest BCUT2D eigenvalue weighted by Crippen LogP contribution is 2.17. The maximum absolute atomic E-state index is 12.6. The van der Waals surface area contributed by atoms with Crippen molar-refractivity contribution < 1.29 is 9.47 Å². The molecule has 6 heteroatoms. The summed E-state index contributed by atoms with van der Waals surface area (Å²) < 4.78 is 10.2. The first-order chi connectivity index (χ1) is 10.1. The largest absolute Gasteiger partial charge is 0.501 e. The molecule has 0 saturated carbocycles. The van der Waals surface area contributed by atoms with Crippen molar-refractivity contribution in [2.45, 2.75) is 6.92 Å². The number of hydrogen-bond acceptors (Lipinski definition) is 4. The Labute approximate surface area is 125 Å². The van der Waals surface area contributed by atoms with E-state index in [9.17, 15) is 9.59 Å². The molecule has 0 atom stereocenters. The topological polar surface area (TPSA) is 68.4 Å². The number of aromatic amines is 1. The van der Waals surface area contributed by atoms with Gasteiger partial charge in [-0.25, -0.2) is 0 Å². The van der Waals surface area contributed by atoms with Gasteiger partial charge in [0.05, 0.1) is 31.1 Å². The molecule has 21 heavy (non-hydrogen) atoms. The van der Waals surface area contributed by atoms with E-state index in [0.717, 1.165) is 0 Å². The van der Waals surface area contributed by atoms with Crippen LogP contribution in [0.1, 0.15) is 12.5 Å². The summed E-state index contributed by atoms with van der Waals surface area (Å²) in [5.41, 5.74) is -0.368. The molecule has 0 aliphatic heterocycles. The van der Waals surface area contributed by atoms with Crippen molar-refractivity contribution in [1.82, 2.24) is 4.98 Å². The average Bonchev–Trinajstić information content (AvgIpc) is 2.54. The van der Waals surface area contributed by atoms with Gasteiger partial charge < -0.3 is 14.5 Å². The zero-order chi connectivity index (χ0) is 15.4. The molecule has 110 valence electrons. The highest BCUT2D eigenvalue weighted by Gasteiger charge is 2.12. The van der Waals surface area contributed by atoms with E-state index in [1.165, 1.54) is 25.5 Å². The van der Waals surface area contributed by atoms with E-state index in [2.05, 4.69) is 4.98 Å². The van der Waals surface area contributed by atoms with Crippen molar-refractivity contribution in [2.75, 3.05) is 13.7 Å². The summed E-state index contributed by atoms with van der Waals surface area (Å²) in [5.74, 6) is -0.0664. The Hall–Kier alpha value is -2.27. The molecule has 0 bridgehead atoms. The molecule has 2 rings (SSSR count). The van der Waals surface area contributed by atoms with Crippen LogP contribution in [0.5, 0.6) is 5.75 Å². The number of ether oxygens (including phenoxy) is 2. The van der Waals surface area contributed by atoms with Crippen molar-refractivity contribution >= 4 is 28.6 Å². The molecular weight excluding hydrogens is 294 g/mol. The molecule has 2 aromatic rings. The normalized spacial score (nSPS) is 11.0. The predicted octanol–water partition coefficient (Wildman–Crippen LogP) is 2.56. The van der Waals surface area contributed by atoms with Gasteiger partial charge >= 0.3 is 0 Å². The zero-order valence-corrected chi connectivity index (χ0v) is 12.4. The molecule has 0 saturated heterocycles. The van der Waals surface area contributed by atoms with Gasteiger partial charge in [0.25, 0.3) is 5.56 Å². The highest BCUT2D eigenvalue weighted by molar-refractivity contribution is 6.31. The van der Waals surface area contributed by atoms with Gasteiger partial charge in [-0.15, -0.1) is 0 Å². The molecule has 0 fully saturated rings. The number of H-pyrrole nitrogens is 1. The minimum atomic E-state index is -0.511. The number of halogens is 1. The molecule has 1 heterocycles. The smallest absolute Gasteiger partial charge is 0.291 e. The second-order valence-corrected chi connectivity index (χ2v) is 4.61. The van der Waals surface area contributed by atoms with Gasteiger partial charge in [0.2, 0.25) is 0 Å². The van der Waals surface area contributed by atoms with E-state index in [0.29, 0.717) is 22.5 Å². The molecular formula is C15H14ClNO4. The van der Waals surface area contributed by atoms with E-state index in [1.807, 2.05) is 6.92 Å². The zero-order valence-electron chi connectivity index (χ0n) is 11.6. The van der Waals surface area contributed by atoms with E-state index < -0.39 is 5.56 Å². The second kappa shape index (κ2) is 6.45. The Morgan fingerprint density at radius 2 is 2.10 bits per heavy atom. The fourth-order valence-corrected chi connectivity index (χ4v) is 2.11. The Morgan fingerprint density at radius 1 is 1.33 bits per heavy atom. The summed E-state index contributed by atoms with van der Waals surface area (Å²) in [7, 11) is 1.33. The first-order valence-corrected chi connectivity index (χ1v) is 6.68. The van der Waals surface area contributed by atoms with Crippen molar-refractivity contribution in [3.63, 3.8) is 0 Å². The van der Waals surface area contributed by atoms with E-state index in [1.54, 1.807) is 12.1 Å². The predicted molar refractivity (Wildman–Crippen MR) is 83.1 cm³/mol. The van der Waals surface area contributed by atoms with Crippen LogP contribution in [-0.4, -0.2) is 18.7 Å². The lowest BCUT2D eigenvalue weighted by molar-refractivity contribution is 0.272. The fourth-order valence-electron chi connectivity index (χ4n) is 1.93. The SMILES string of the molecule is CCOC=Cc1c(OC)c(=O)[nH]c2cc(Cl)ccc2c1=O. The summed E-state index contributed by atoms with van der Waals surface area (Å²) in [6.45, 7) is 2.27. The van der Waals surface area contributed by atoms with Crippen LogP contribution in [0.4, 0.5) is 0 Å². The standard InChI is InChI=1S/C15H14ClNO4/c1-3-21-7-6-11-13(18)10-5-4-9(16)8-12(10)17-15(19)14(11)20-2/h4-8H,3H2,1-2H3,(H,17,19). The average molecular weight is 308 g/mol. The molecule has 0 spiro atoms. The third kappa shape index (κ3) is 3.08. The van der Waals surface area contributed by atoms with Gasteiger partial charge in [0, 0.05) is 10.4 Å². The van der Waals surface area contributed by atoms with Crippen molar-refractivity contribution in [1.29, 1.82) is 0 Å². The van der Waals surface area contributed by atoms with Gasteiger partial charge in [-0.1, -0.05) is 11.6 Å². The summed E-state index contributed by atoms with van der Waals surface area (Å²) >= 11 is 5.89. The minimum Gasteiger partial charge on any atom is -0.501 e. The number of rotatable bonds is 4. The minimum absolute atomic E-state index is 0.0664. The van der Waals surface area contributed by atoms with Crippen LogP contribution in [0.25, 0.3) is 17.0 Å². The molecule has 0 unspecified atom stereocenters. The number of aromatic nitrogens is 1. The van der Waals surface area contributed by atoms with Crippen molar-refractivity contribution in [3.8, 4) is 5.75 Å². The summed E-state index contributed by atoms with van der Waals surface area (Å²) in [6.07, 6.45) is 2.79. The third-order valence-corrected chi connectivity index (χ3v) is 3.11. The van der Waals surface area contributed by atoms with Gasteiger partial charge in [-0.2, -0.15) is 0 Å². The molecule has 0 amide bonds. The van der Waals surface area contributed by atoms with Crippen LogP contribution in [0.2, 0.25) is 5.02 Å². The molecule has 1 aromatic carbocycles. The lowest BCUT2D eigenvalue weighted by Gasteiger charge is -1.98. The van der Waals surface area contributed by atoms with E-state index in [4.69, 9.17) is 21.1 Å². The molecule has 0 radical (unpaired) electrons. The molecule has 1 N–H and O–H groups in total. The van der Waals surface area contributed by atoms with Crippen molar-refractivity contribution in [2.24, 2.45) is 0 Å². The summed E-state index contributed by atoms with van der Waals surface area (Å²) in [4.78, 5) is 27.3. The van der Waals surface area contributed by atoms with Gasteiger partial charge in [-0.3, -0.25) is 9.59 Å². The van der Waals surface area contributed by atoms with Gasteiger partial charge in [0.15, 0.2) is 11.2 Å². The van der Waals surface area contributed by atoms with Crippen LogP contribution in [0.15, 0.2) is 34.1 Å². The lowest BCUT2D eigenvalue weighted by Crippen LogP contribution is -2.10. The number of methoxy groups -OCH3 is 1. The molecule has 5 nitrogen and oxygen atoms in total. The highest BCUT2D eigenvalue weighted by atomic mass is 35.5. The van der Waals surface area contributed by atoms with Crippen LogP contribution in [0.3, 0.4) is 0 Å². The first kappa shape index (κ1) is 15.1. The Kier molecular flexibility index (Phi) is 4.65. The van der Waals surface area contributed by atoms with E-state index >= 15 is 0 Å². The van der Waals surface area contributed by atoms with Crippen LogP contribution in [0, 0.1) is 0 Å². The third-order valence-electron chi connectivity index (χ3n) is 2.87. The molecule has 1 aromatic heterocycles. The lowest BCUT2D eigenvalue weighted by atomic mass is 10.1. The number of benzene rings is 1. The maximum atomic E-state index is 12.6. The van der Waals surface area contributed by atoms with Crippen LogP contribution < -0.4 is 15.7 Å². The Morgan fingerprint density at radius 3 is 2.76 bits per heavy atom. The van der Waals surface area contributed by atoms with Crippen molar-refractivity contribution in [3.05, 3.63) is 55.6 Å². The van der Waals surface area contributed by atoms with Crippen LogP contribution in [-0.2, 0) is 4.74 Å². The summed E-state index contributed by atoms with van der Waals surface area (Å²) in [5, 5.41) is 0.769.